The van der Waals surface area contributed by atoms with Gasteiger partial charge in [0.25, 0.3) is 0 Å². The Balaban J connectivity index is 2.33. The van der Waals surface area contributed by atoms with Gasteiger partial charge in [-0.05, 0) is 36.1 Å². The molecular weight excluding hydrogens is 246 g/mol. The van der Waals surface area contributed by atoms with Crippen molar-refractivity contribution in [3.63, 3.8) is 0 Å². The molecule has 5 nitrogen and oxygen atoms in total. The number of fused-ring (bicyclic) bond motifs is 1. The minimum Gasteiger partial charge on any atom is -0.497 e. The molecule has 0 spiro atoms. The smallest absolute Gasteiger partial charge is 0.329 e. The summed E-state index contributed by atoms with van der Waals surface area (Å²) in [6, 6.07) is 5.60. The van der Waals surface area contributed by atoms with E-state index in [1.807, 2.05) is 18.2 Å². The average molecular weight is 263 g/mol. The first-order valence-corrected chi connectivity index (χ1v) is 6.15. The lowest BCUT2D eigenvalue weighted by Gasteiger charge is -2.35. The predicted molar refractivity (Wildman–Crippen MR) is 69.2 cm³/mol. The van der Waals surface area contributed by atoms with Crippen LogP contribution in [0.3, 0.4) is 0 Å². The number of carboxylic acids is 1. The third kappa shape index (κ3) is 2.54. The fraction of sp³-hybridized carbons (Fsp3) is 0.429. The van der Waals surface area contributed by atoms with Gasteiger partial charge in [-0.1, -0.05) is 6.07 Å². The standard InChI is InChI=1S/C14H17NO4/c1-9(16)15-14(13(17)18)6-5-10-7-12(19-2)4-3-11(10)8-14/h3-4,7H,5-6,8H2,1-2H3,(H,15,16)(H,17,18). The Morgan fingerprint density at radius 3 is 2.68 bits per heavy atom. The normalized spacial score (nSPS) is 21.4. The summed E-state index contributed by atoms with van der Waals surface area (Å²) >= 11 is 0. The van der Waals surface area contributed by atoms with Gasteiger partial charge in [0.2, 0.25) is 5.91 Å². The molecule has 1 aliphatic carbocycles. The van der Waals surface area contributed by atoms with Crippen LogP contribution in [0.15, 0.2) is 18.2 Å². The summed E-state index contributed by atoms with van der Waals surface area (Å²) in [5.74, 6) is -0.537. The van der Waals surface area contributed by atoms with E-state index in [2.05, 4.69) is 5.32 Å². The predicted octanol–water partition coefficient (Wildman–Crippen LogP) is 1.14. The number of carbonyl (C=O) groups is 2. The number of hydrogen-bond acceptors (Lipinski definition) is 3. The molecule has 0 bridgehead atoms. The molecule has 19 heavy (non-hydrogen) atoms. The van der Waals surface area contributed by atoms with Crippen molar-refractivity contribution in [1.82, 2.24) is 5.32 Å². The van der Waals surface area contributed by atoms with Crippen LogP contribution in [-0.2, 0) is 22.4 Å². The highest BCUT2D eigenvalue weighted by Gasteiger charge is 2.42. The molecule has 0 heterocycles. The molecule has 1 aromatic rings. The number of benzene rings is 1. The van der Waals surface area contributed by atoms with Crippen LogP contribution in [0.5, 0.6) is 5.75 Å². The maximum atomic E-state index is 11.5. The van der Waals surface area contributed by atoms with E-state index >= 15 is 0 Å². The lowest BCUT2D eigenvalue weighted by atomic mass is 9.77. The van der Waals surface area contributed by atoms with E-state index in [9.17, 15) is 14.7 Å². The van der Waals surface area contributed by atoms with Gasteiger partial charge in [-0.15, -0.1) is 0 Å². The summed E-state index contributed by atoms with van der Waals surface area (Å²) in [6.07, 6.45) is 1.31. The van der Waals surface area contributed by atoms with E-state index < -0.39 is 11.5 Å². The topological polar surface area (TPSA) is 75.6 Å². The minimum atomic E-state index is -1.19. The Morgan fingerprint density at radius 2 is 2.11 bits per heavy atom. The summed E-state index contributed by atoms with van der Waals surface area (Å²) in [5.41, 5.74) is 0.845. The number of ether oxygens (including phenoxy) is 1. The second kappa shape index (κ2) is 4.91. The molecule has 1 aromatic carbocycles. The Labute approximate surface area is 111 Å². The van der Waals surface area contributed by atoms with E-state index in [4.69, 9.17) is 4.74 Å². The number of aliphatic carboxylic acids is 1. The van der Waals surface area contributed by atoms with Crippen LogP contribution >= 0.6 is 0 Å². The van der Waals surface area contributed by atoms with Gasteiger partial charge in [-0.2, -0.15) is 0 Å². The molecule has 2 rings (SSSR count). The highest BCUT2D eigenvalue weighted by atomic mass is 16.5. The molecule has 0 radical (unpaired) electrons. The zero-order valence-electron chi connectivity index (χ0n) is 11.0. The molecule has 2 N–H and O–H groups in total. The highest BCUT2D eigenvalue weighted by molar-refractivity contribution is 5.86. The van der Waals surface area contributed by atoms with Crippen molar-refractivity contribution < 1.29 is 19.4 Å². The van der Waals surface area contributed by atoms with E-state index in [1.54, 1.807) is 7.11 Å². The third-order valence-electron chi connectivity index (χ3n) is 3.55. The minimum absolute atomic E-state index is 0.307. The number of amides is 1. The molecular formula is C14H17NO4. The van der Waals surface area contributed by atoms with Crippen LogP contribution in [0.1, 0.15) is 24.5 Å². The van der Waals surface area contributed by atoms with E-state index in [-0.39, 0.29) is 5.91 Å². The summed E-state index contributed by atoms with van der Waals surface area (Å²) in [5, 5.41) is 12.0. The number of aryl methyl sites for hydroxylation is 1. The SMILES string of the molecule is COc1ccc2c(c1)CCC(NC(C)=O)(C(=O)O)C2. The van der Waals surface area contributed by atoms with Crippen molar-refractivity contribution in [2.45, 2.75) is 31.7 Å². The van der Waals surface area contributed by atoms with Gasteiger partial charge in [0.05, 0.1) is 7.11 Å². The van der Waals surface area contributed by atoms with Gasteiger partial charge in [0.1, 0.15) is 11.3 Å². The van der Waals surface area contributed by atoms with Gasteiger partial charge in [0, 0.05) is 13.3 Å². The summed E-state index contributed by atoms with van der Waals surface area (Å²) in [7, 11) is 1.60. The Bertz CT molecular complexity index is 526. The van der Waals surface area contributed by atoms with Crippen LogP contribution in [0, 0.1) is 0 Å². The number of carboxylic acid groups (broad SMARTS) is 1. The Kier molecular flexibility index (Phi) is 3.46. The molecule has 0 aromatic heterocycles. The fourth-order valence-electron chi connectivity index (χ4n) is 2.58. The summed E-state index contributed by atoms with van der Waals surface area (Å²) in [6.45, 7) is 1.34. The zero-order valence-corrected chi connectivity index (χ0v) is 11.0. The van der Waals surface area contributed by atoms with Gasteiger partial charge in [-0.25, -0.2) is 4.79 Å². The maximum absolute atomic E-state index is 11.5. The third-order valence-corrected chi connectivity index (χ3v) is 3.55. The van der Waals surface area contributed by atoms with Crippen molar-refractivity contribution >= 4 is 11.9 Å². The van der Waals surface area contributed by atoms with Crippen LogP contribution in [-0.4, -0.2) is 29.6 Å². The fourth-order valence-corrected chi connectivity index (χ4v) is 2.58. The monoisotopic (exact) mass is 263 g/mol. The summed E-state index contributed by atoms with van der Waals surface area (Å²) < 4.78 is 5.16. The number of carbonyl (C=O) groups excluding carboxylic acids is 1. The van der Waals surface area contributed by atoms with Crippen molar-refractivity contribution in [2.24, 2.45) is 0 Å². The first kappa shape index (κ1) is 13.4. The van der Waals surface area contributed by atoms with Crippen LogP contribution < -0.4 is 10.1 Å². The van der Waals surface area contributed by atoms with Crippen LogP contribution in [0.25, 0.3) is 0 Å². The first-order chi connectivity index (χ1) is 8.97. The average Bonchev–Trinajstić information content (AvgIpc) is 2.37. The molecule has 1 unspecified atom stereocenters. The summed E-state index contributed by atoms with van der Waals surface area (Å²) in [4.78, 5) is 22.7. The molecule has 0 saturated heterocycles. The van der Waals surface area contributed by atoms with Gasteiger partial charge in [0.15, 0.2) is 0 Å². The molecule has 1 aliphatic rings. The molecule has 1 amide bonds. The molecule has 0 saturated carbocycles. The number of methoxy groups -OCH3 is 1. The molecule has 1 atom stereocenters. The van der Waals surface area contributed by atoms with Crippen molar-refractivity contribution in [3.05, 3.63) is 29.3 Å². The van der Waals surface area contributed by atoms with E-state index in [0.29, 0.717) is 19.3 Å². The van der Waals surface area contributed by atoms with Crippen molar-refractivity contribution in [2.75, 3.05) is 7.11 Å². The van der Waals surface area contributed by atoms with Crippen molar-refractivity contribution in [3.8, 4) is 5.75 Å². The van der Waals surface area contributed by atoms with Gasteiger partial charge < -0.3 is 15.2 Å². The van der Waals surface area contributed by atoms with E-state index in [1.165, 1.54) is 6.92 Å². The molecule has 5 heteroatoms. The van der Waals surface area contributed by atoms with Gasteiger partial charge >= 0.3 is 5.97 Å². The number of hydrogen-bond donors (Lipinski definition) is 2. The van der Waals surface area contributed by atoms with Gasteiger partial charge in [-0.3, -0.25) is 4.79 Å². The molecule has 0 aliphatic heterocycles. The van der Waals surface area contributed by atoms with Crippen LogP contribution in [0.2, 0.25) is 0 Å². The van der Waals surface area contributed by atoms with Crippen LogP contribution in [0.4, 0.5) is 0 Å². The van der Waals surface area contributed by atoms with Crippen molar-refractivity contribution in [1.29, 1.82) is 0 Å². The largest absolute Gasteiger partial charge is 0.497 e. The maximum Gasteiger partial charge on any atom is 0.329 e. The zero-order chi connectivity index (χ0) is 14.0. The second-order valence-corrected chi connectivity index (χ2v) is 4.88. The molecule has 0 fully saturated rings. The lowest BCUT2D eigenvalue weighted by molar-refractivity contribution is -0.148. The van der Waals surface area contributed by atoms with E-state index in [0.717, 1.165) is 16.9 Å². The first-order valence-electron chi connectivity index (χ1n) is 6.15. The Morgan fingerprint density at radius 1 is 1.37 bits per heavy atom. The second-order valence-electron chi connectivity index (χ2n) is 4.88. The highest BCUT2D eigenvalue weighted by Crippen LogP contribution is 2.31. The lowest BCUT2D eigenvalue weighted by Crippen LogP contribution is -2.57. The Hall–Kier alpha value is -2.04. The number of rotatable bonds is 3. The number of nitrogens with one attached hydrogen (secondary N) is 1. The molecule has 102 valence electrons. The quantitative estimate of drug-likeness (QED) is 0.857.